The lowest BCUT2D eigenvalue weighted by Gasteiger charge is -2.04. The van der Waals surface area contributed by atoms with Crippen molar-refractivity contribution in [1.29, 1.82) is 0 Å². The molecule has 1 heterocycles. The number of hydrogen-bond donors (Lipinski definition) is 1. The van der Waals surface area contributed by atoms with E-state index in [-0.39, 0.29) is 5.56 Å². The van der Waals surface area contributed by atoms with Crippen LogP contribution in [-0.4, -0.2) is 16.1 Å². The lowest BCUT2D eigenvalue weighted by molar-refractivity contribution is 0.0696. The fourth-order valence-electron chi connectivity index (χ4n) is 1.38. The van der Waals surface area contributed by atoms with Gasteiger partial charge in [0.25, 0.3) is 0 Å². The second-order valence-corrected chi connectivity index (χ2v) is 6.03. The number of aromatic carboxylic acids is 1. The highest BCUT2D eigenvalue weighted by atomic mass is 79.9. The molecule has 19 heavy (non-hydrogen) atoms. The van der Waals surface area contributed by atoms with E-state index < -0.39 is 5.97 Å². The molecule has 0 aliphatic carbocycles. The molecule has 0 atom stereocenters. The summed E-state index contributed by atoms with van der Waals surface area (Å²) in [6.07, 6.45) is 1.36. The minimum absolute atomic E-state index is 0.186. The van der Waals surface area contributed by atoms with E-state index in [4.69, 9.17) is 16.7 Å². The van der Waals surface area contributed by atoms with Crippen molar-refractivity contribution in [2.45, 2.75) is 10.8 Å². The lowest BCUT2D eigenvalue weighted by atomic mass is 10.2. The highest BCUT2D eigenvalue weighted by Gasteiger charge is 2.05. The van der Waals surface area contributed by atoms with Gasteiger partial charge in [0.15, 0.2) is 0 Å². The molecule has 6 heteroatoms. The van der Waals surface area contributed by atoms with Gasteiger partial charge in [-0.1, -0.05) is 33.6 Å². The van der Waals surface area contributed by atoms with Crippen LogP contribution in [0.4, 0.5) is 0 Å². The van der Waals surface area contributed by atoms with Crippen molar-refractivity contribution >= 4 is 45.3 Å². The Bertz CT molecular complexity index is 604. The zero-order valence-electron chi connectivity index (χ0n) is 9.64. The quantitative estimate of drug-likeness (QED) is 0.818. The fraction of sp³-hybridized carbons (Fsp3) is 0.0769. The van der Waals surface area contributed by atoms with Crippen molar-refractivity contribution < 1.29 is 9.90 Å². The number of pyridine rings is 1. The van der Waals surface area contributed by atoms with Crippen LogP contribution in [0.15, 0.2) is 46.0 Å². The number of carboxylic acid groups (broad SMARTS) is 1. The molecule has 0 saturated carbocycles. The number of hydrogen-bond acceptors (Lipinski definition) is 3. The third-order valence-electron chi connectivity index (χ3n) is 2.37. The summed E-state index contributed by atoms with van der Waals surface area (Å²) in [6.45, 7) is 0. The molecule has 2 rings (SSSR count). The molecule has 0 bridgehead atoms. The molecule has 1 aromatic heterocycles. The van der Waals surface area contributed by atoms with E-state index in [0.29, 0.717) is 10.8 Å². The average molecular weight is 359 g/mol. The number of nitrogens with zero attached hydrogens (tertiary/aromatic N) is 1. The summed E-state index contributed by atoms with van der Waals surface area (Å²) >= 11 is 11.0. The maximum atomic E-state index is 10.7. The number of benzene rings is 1. The Morgan fingerprint density at radius 2 is 2.16 bits per heavy atom. The Morgan fingerprint density at radius 3 is 2.74 bits per heavy atom. The average Bonchev–Trinajstić information content (AvgIpc) is 2.38. The van der Waals surface area contributed by atoms with E-state index >= 15 is 0 Å². The van der Waals surface area contributed by atoms with Crippen LogP contribution >= 0.6 is 39.3 Å². The first-order valence-corrected chi connectivity index (χ1v) is 7.48. The van der Waals surface area contributed by atoms with Crippen molar-refractivity contribution in [3.8, 4) is 0 Å². The summed E-state index contributed by atoms with van der Waals surface area (Å²) in [5.74, 6) is -0.286. The van der Waals surface area contributed by atoms with Gasteiger partial charge in [-0.3, -0.25) is 0 Å². The summed E-state index contributed by atoms with van der Waals surface area (Å²) in [7, 11) is 0. The Balaban J connectivity index is 2.04. The first-order chi connectivity index (χ1) is 9.06. The predicted molar refractivity (Wildman–Crippen MR) is 79.9 cm³/mol. The SMILES string of the molecule is O=C(O)c1ccc(SCc2ccc(Br)cc2Cl)nc1. The van der Waals surface area contributed by atoms with E-state index in [1.807, 2.05) is 18.2 Å². The van der Waals surface area contributed by atoms with Gasteiger partial charge < -0.3 is 5.11 Å². The molecule has 0 aliphatic heterocycles. The molecule has 0 radical (unpaired) electrons. The summed E-state index contributed by atoms with van der Waals surface area (Å²) < 4.78 is 0.940. The number of rotatable bonds is 4. The second-order valence-electron chi connectivity index (χ2n) is 3.71. The van der Waals surface area contributed by atoms with Crippen LogP contribution in [0.1, 0.15) is 15.9 Å². The maximum absolute atomic E-state index is 10.7. The number of halogens is 2. The second kappa shape index (κ2) is 6.41. The van der Waals surface area contributed by atoms with Crippen LogP contribution in [0.3, 0.4) is 0 Å². The maximum Gasteiger partial charge on any atom is 0.337 e. The number of aromatic nitrogens is 1. The van der Waals surface area contributed by atoms with Crippen molar-refractivity contribution in [3.05, 3.63) is 57.2 Å². The van der Waals surface area contributed by atoms with Crippen LogP contribution in [0.2, 0.25) is 5.02 Å². The normalized spacial score (nSPS) is 10.4. The molecule has 0 aliphatic rings. The topological polar surface area (TPSA) is 50.2 Å². The van der Waals surface area contributed by atoms with E-state index in [0.717, 1.165) is 15.1 Å². The molecule has 1 aromatic carbocycles. The smallest absolute Gasteiger partial charge is 0.337 e. The van der Waals surface area contributed by atoms with Crippen molar-refractivity contribution in [2.75, 3.05) is 0 Å². The molecule has 1 N–H and O–H groups in total. The first kappa shape index (κ1) is 14.4. The molecule has 2 aromatic rings. The van der Waals surface area contributed by atoms with Crippen LogP contribution < -0.4 is 0 Å². The monoisotopic (exact) mass is 357 g/mol. The fourth-order valence-corrected chi connectivity index (χ4v) is 3.05. The zero-order chi connectivity index (χ0) is 13.8. The minimum Gasteiger partial charge on any atom is -0.478 e. The van der Waals surface area contributed by atoms with Crippen molar-refractivity contribution in [3.63, 3.8) is 0 Å². The molecule has 0 unspecified atom stereocenters. The molecule has 0 fully saturated rings. The molecule has 0 saturated heterocycles. The molecular weight excluding hydrogens is 350 g/mol. The minimum atomic E-state index is -0.972. The standard InChI is InChI=1S/C13H9BrClNO2S/c14-10-3-1-9(11(15)5-10)7-19-12-4-2-8(6-16-12)13(17)18/h1-6H,7H2,(H,17,18). The predicted octanol–water partition coefficient (Wildman–Crippen LogP) is 4.49. The van der Waals surface area contributed by atoms with E-state index in [9.17, 15) is 4.79 Å². The summed E-state index contributed by atoms with van der Waals surface area (Å²) in [4.78, 5) is 14.8. The van der Waals surface area contributed by atoms with Crippen LogP contribution in [0, 0.1) is 0 Å². The van der Waals surface area contributed by atoms with Gasteiger partial charge in [-0.25, -0.2) is 9.78 Å². The van der Waals surface area contributed by atoms with Gasteiger partial charge in [0.1, 0.15) is 0 Å². The van der Waals surface area contributed by atoms with Gasteiger partial charge in [0, 0.05) is 21.4 Å². The van der Waals surface area contributed by atoms with Gasteiger partial charge >= 0.3 is 5.97 Å². The van der Waals surface area contributed by atoms with Gasteiger partial charge in [-0.15, -0.1) is 11.8 Å². The Morgan fingerprint density at radius 1 is 1.37 bits per heavy atom. The summed E-state index contributed by atoms with van der Waals surface area (Å²) in [5, 5.41) is 10.2. The molecule has 98 valence electrons. The highest BCUT2D eigenvalue weighted by molar-refractivity contribution is 9.10. The number of carbonyl (C=O) groups is 1. The highest BCUT2D eigenvalue weighted by Crippen LogP contribution is 2.27. The largest absolute Gasteiger partial charge is 0.478 e. The van der Waals surface area contributed by atoms with Gasteiger partial charge in [-0.05, 0) is 29.8 Å². The van der Waals surface area contributed by atoms with Crippen molar-refractivity contribution in [2.24, 2.45) is 0 Å². The Hall–Kier alpha value is -1.04. The van der Waals surface area contributed by atoms with Gasteiger partial charge in [0.05, 0.1) is 10.6 Å². The van der Waals surface area contributed by atoms with E-state index in [1.54, 1.807) is 12.1 Å². The van der Waals surface area contributed by atoms with E-state index in [2.05, 4.69) is 20.9 Å². The third-order valence-corrected chi connectivity index (χ3v) is 4.21. The summed E-state index contributed by atoms with van der Waals surface area (Å²) in [6, 6.07) is 8.97. The lowest BCUT2D eigenvalue weighted by Crippen LogP contribution is -1.96. The molecular formula is C13H9BrClNO2S. The van der Waals surface area contributed by atoms with Crippen LogP contribution in [-0.2, 0) is 5.75 Å². The number of carboxylic acids is 1. The van der Waals surface area contributed by atoms with E-state index in [1.165, 1.54) is 18.0 Å². The van der Waals surface area contributed by atoms with Crippen LogP contribution in [0.5, 0.6) is 0 Å². The van der Waals surface area contributed by atoms with Crippen molar-refractivity contribution in [1.82, 2.24) is 4.98 Å². The zero-order valence-corrected chi connectivity index (χ0v) is 12.8. The Labute approximate surface area is 128 Å². The van der Waals surface area contributed by atoms with Gasteiger partial charge in [-0.2, -0.15) is 0 Å². The molecule has 0 spiro atoms. The molecule has 3 nitrogen and oxygen atoms in total. The number of thioether (sulfide) groups is 1. The third kappa shape index (κ3) is 3.96. The van der Waals surface area contributed by atoms with Gasteiger partial charge in [0.2, 0.25) is 0 Å². The summed E-state index contributed by atoms with van der Waals surface area (Å²) in [5.41, 5.74) is 1.20. The van der Waals surface area contributed by atoms with Crippen LogP contribution in [0.25, 0.3) is 0 Å². The first-order valence-electron chi connectivity index (χ1n) is 5.32. The Kier molecular flexibility index (Phi) is 4.85. The molecule has 0 amide bonds.